The molecule has 0 spiro atoms. The van der Waals surface area contributed by atoms with E-state index in [4.69, 9.17) is 4.74 Å². The van der Waals surface area contributed by atoms with Crippen LogP contribution in [0.5, 0.6) is 11.5 Å². The maximum Gasteiger partial charge on any atom is 0.235 e. The first-order valence-electron chi connectivity index (χ1n) is 11.8. The minimum Gasteiger partial charge on any atom is -0.508 e. The Morgan fingerprint density at radius 1 is 0.853 bits per heavy atom. The fourth-order valence-corrected chi connectivity index (χ4v) is 5.63. The van der Waals surface area contributed by atoms with Crippen LogP contribution in [0.3, 0.4) is 0 Å². The molecular formula is C27H32N2O4S. The largest absolute Gasteiger partial charge is 0.508 e. The third kappa shape index (κ3) is 6.74. The summed E-state index contributed by atoms with van der Waals surface area (Å²) in [5, 5.41) is 9.60. The zero-order valence-electron chi connectivity index (χ0n) is 19.3. The molecule has 7 heteroatoms. The quantitative estimate of drug-likeness (QED) is 0.439. The second-order valence-electron chi connectivity index (χ2n) is 8.62. The number of sulfonamides is 1. The fourth-order valence-electron chi connectivity index (χ4n) is 4.13. The highest BCUT2D eigenvalue weighted by molar-refractivity contribution is 7.92. The van der Waals surface area contributed by atoms with Crippen molar-refractivity contribution in [2.24, 2.45) is 0 Å². The molecule has 0 bridgehead atoms. The summed E-state index contributed by atoms with van der Waals surface area (Å²) < 4.78 is 34.2. The molecule has 0 radical (unpaired) electrons. The third-order valence-electron chi connectivity index (χ3n) is 6.09. The van der Waals surface area contributed by atoms with E-state index in [0.29, 0.717) is 18.7 Å². The molecule has 0 unspecified atom stereocenters. The van der Waals surface area contributed by atoms with E-state index in [0.717, 1.165) is 36.5 Å². The molecule has 1 heterocycles. The molecule has 4 rings (SSSR count). The number of likely N-dealkylation sites (tertiary alicyclic amines) is 1. The van der Waals surface area contributed by atoms with Gasteiger partial charge in [-0.15, -0.1) is 0 Å². The topological polar surface area (TPSA) is 70.1 Å². The summed E-state index contributed by atoms with van der Waals surface area (Å²) in [6, 6.07) is 23.5. The van der Waals surface area contributed by atoms with Crippen LogP contribution in [0.1, 0.15) is 24.0 Å². The van der Waals surface area contributed by atoms with Gasteiger partial charge in [0.05, 0.1) is 18.0 Å². The van der Waals surface area contributed by atoms with Crippen molar-refractivity contribution in [3.63, 3.8) is 0 Å². The zero-order valence-corrected chi connectivity index (χ0v) is 20.2. The highest BCUT2D eigenvalue weighted by Gasteiger charge is 2.23. The maximum absolute atomic E-state index is 13.4. The van der Waals surface area contributed by atoms with Gasteiger partial charge in [0.15, 0.2) is 0 Å². The molecular weight excluding hydrogens is 448 g/mol. The van der Waals surface area contributed by atoms with E-state index in [1.54, 1.807) is 36.4 Å². The van der Waals surface area contributed by atoms with Gasteiger partial charge in [0.2, 0.25) is 10.0 Å². The van der Waals surface area contributed by atoms with Crippen molar-refractivity contribution in [3.8, 4) is 11.5 Å². The number of aromatic hydroxyl groups is 1. The van der Waals surface area contributed by atoms with Gasteiger partial charge in [-0.25, -0.2) is 8.42 Å². The van der Waals surface area contributed by atoms with Crippen molar-refractivity contribution in [1.29, 1.82) is 0 Å². The lowest BCUT2D eigenvalue weighted by Gasteiger charge is -2.25. The average Bonchev–Trinajstić information content (AvgIpc) is 3.37. The number of anilines is 1. The molecule has 1 saturated heterocycles. The molecule has 0 atom stereocenters. The van der Waals surface area contributed by atoms with Crippen LogP contribution in [0.25, 0.3) is 0 Å². The fraction of sp³-hybridized carbons (Fsp3) is 0.333. The molecule has 0 amide bonds. The van der Waals surface area contributed by atoms with Gasteiger partial charge in [-0.1, -0.05) is 42.5 Å². The van der Waals surface area contributed by atoms with Gasteiger partial charge in [0.25, 0.3) is 0 Å². The molecule has 0 aromatic heterocycles. The number of phenols is 1. The van der Waals surface area contributed by atoms with Crippen LogP contribution in [0.15, 0.2) is 78.9 Å². The van der Waals surface area contributed by atoms with Crippen molar-refractivity contribution in [1.82, 2.24) is 4.90 Å². The number of ether oxygens (including phenoxy) is 1. The number of hydrogen-bond acceptors (Lipinski definition) is 5. The van der Waals surface area contributed by atoms with E-state index in [9.17, 15) is 13.5 Å². The molecule has 1 fully saturated rings. The van der Waals surface area contributed by atoms with Crippen LogP contribution in [0, 0.1) is 0 Å². The predicted octanol–water partition coefficient (Wildman–Crippen LogP) is 4.45. The van der Waals surface area contributed by atoms with Gasteiger partial charge in [0, 0.05) is 6.54 Å². The maximum atomic E-state index is 13.4. The molecule has 3 aromatic rings. The lowest BCUT2D eigenvalue weighted by molar-refractivity contribution is 0.238. The molecule has 3 aromatic carbocycles. The monoisotopic (exact) mass is 480 g/mol. The van der Waals surface area contributed by atoms with Crippen LogP contribution < -0.4 is 9.04 Å². The number of hydrogen-bond donors (Lipinski definition) is 1. The van der Waals surface area contributed by atoms with Crippen molar-refractivity contribution < 1.29 is 18.3 Å². The van der Waals surface area contributed by atoms with Gasteiger partial charge < -0.3 is 9.84 Å². The van der Waals surface area contributed by atoms with Gasteiger partial charge in [-0.2, -0.15) is 0 Å². The van der Waals surface area contributed by atoms with Crippen molar-refractivity contribution in [2.45, 2.75) is 25.8 Å². The standard InChI is InChI=1S/C27H32N2O4S/c30-26-12-8-24(9-13-26)22-29(34(31,32)21-16-23-6-2-1-3-7-23)25-10-14-27(15-11-25)33-20-19-28-17-4-5-18-28/h1-3,6-15,30H,4-5,16-22H2. The predicted molar refractivity (Wildman–Crippen MR) is 136 cm³/mol. The number of rotatable bonds is 11. The molecule has 1 aliphatic rings. The second-order valence-corrected chi connectivity index (χ2v) is 10.6. The summed E-state index contributed by atoms with van der Waals surface area (Å²) >= 11 is 0. The summed E-state index contributed by atoms with van der Waals surface area (Å²) in [5.41, 5.74) is 2.37. The summed E-state index contributed by atoms with van der Waals surface area (Å²) in [4.78, 5) is 2.40. The average molecular weight is 481 g/mol. The lowest BCUT2D eigenvalue weighted by Crippen LogP contribution is -2.33. The Labute approximate surface area is 202 Å². The first-order chi connectivity index (χ1) is 16.5. The van der Waals surface area contributed by atoms with Crippen LogP contribution in [0.4, 0.5) is 5.69 Å². The van der Waals surface area contributed by atoms with Crippen molar-refractivity contribution in [2.75, 3.05) is 36.3 Å². The molecule has 6 nitrogen and oxygen atoms in total. The summed E-state index contributed by atoms with van der Waals surface area (Å²) in [6.07, 6.45) is 2.95. The minimum atomic E-state index is -3.60. The van der Waals surface area contributed by atoms with E-state index in [1.165, 1.54) is 17.1 Å². The SMILES string of the molecule is O=S(=O)(CCc1ccccc1)N(Cc1ccc(O)cc1)c1ccc(OCCN2CCCC2)cc1. The molecule has 180 valence electrons. The number of nitrogens with zero attached hydrogens (tertiary/aromatic N) is 2. The molecule has 1 aliphatic heterocycles. The highest BCUT2D eigenvalue weighted by atomic mass is 32.2. The van der Waals surface area contributed by atoms with Gasteiger partial charge >= 0.3 is 0 Å². The Hall–Kier alpha value is -3.03. The lowest BCUT2D eigenvalue weighted by atomic mass is 10.2. The van der Waals surface area contributed by atoms with Crippen molar-refractivity contribution >= 4 is 15.7 Å². The van der Waals surface area contributed by atoms with Crippen LogP contribution >= 0.6 is 0 Å². The first-order valence-corrected chi connectivity index (χ1v) is 13.4. The Morgan fingerprint density at radius 2 is 1.53 bits per heavy atom. The molecule has 34 heavy (non-hydrogen) atoms. The number of aryl methyl sites for hydroxylation is 1. The Kier molecular flexibility index (Phi) is 8.08. The molecule has 0 saturated carbocycles. The van der Waals surface area contributed by atoms with Crippen molar-refractivity contribution in [3.05, 3.63) is 90.0 Å². The zero-order chi connectivity index (χ0) is 23.8. The molecule has 1 N–H and O–H groups in total. The third-order valence-corrected chi connectivity index (χ3v) is 7.82. The van der Waals surface area contributed by atoms with E-state index in [-0.39, 0.29) is 18.0 Å². The second kappa shape index (κ2) is 11.4. The summed E-state index contributed by atoms with van der Waals surface area (Å²) in [6.45, 7) is 3.98. The van der Waals surface area contributed by atoms with Gasteiger partial charge in [-0.05, 0) is 79.9 Å². The van der Waals surface area contributed by atoms with Crippen LogP contribution in [-0.2, 0) is 23.0 Å². The van der Waals surface area contributed by atoms with Crippen LogP contribution in [0.2, 0.25) is 0 Å². The van der Waals surface area contributed by atoms with E-state index in [1.807, 2.05) is 42.5 Å². The van der Waals surface area contributed by atoms with Gasteiger partial charge in [-0.3, -0.25) is 9.21 Å². The summed E-state index contributed by atoms with van der Waals surface area (Å²) in [5.74, 6) is 0.885. The Morgan fingerprint density at radius 3 is 2.21 bits per heavy atom. The number of phenolic OH excluding ortho intramolecular Hbond substituents is 1. The van der Waals surface area contributed by atoms with E-state index < -0.39 is 10.0 Å². The Balaban J connectivity index is 1.47. The highest BCUT2D eigenvalue weighted by Crippen LogP contribution is 2.25. The Bertz CT molecular complexity index is 1130. The van der Waals surface area contributed by atoms with Gasteiger partial charge in [0.1, 0.15) is 18.1 Å². The molecule has 0 aliphatic carbocycles. The number of benzene rings is 3. The smallest absolute Gasteiger partial charge is 0.235 e. The summed E-state index contributed by atoms with van der Waals surface area (Å²) in [7, 11) is -3.60. The van der Waals surface area contributed by atoms with Crippen LogP contribution in [-0.4, -0.2) is 50.4 Å². The first kappa shape index (κ1) is 24.1. The minimum absolute atomic E-state index is 0.00316. The normalized spacial score (nSPS) is 14.2. The van der Waals surface area contributed by atoms with E-state index >= 15 is 0 Å². The van der Waals surface area contributed by atoms with E-state index in [2.05, 4.69) is 4.90 Å².